The molecule has 0 atom stereocenters. The van der Waals surface area contributed by atoms with Gasteiger partial charge < -0.3 is 19.2 Å². The van der Waals surface area contributed by atoms with Crippen LogP contribution < -0.4 is 0 Å². The summed E-state index contributed by atoms with van der Waals surface area (Å²) in [5.74, 6) is 0. The first-order valence-corrected chi connectivity index (χ1v) is 3.91. The molecule has 0 aliphatic rings. The second-order valence-corrected chi connectivity index (χ2v) is 1.70. The standard InChI is InChI=1S/5Ca.2H2O3Si.10H/c;;;;;2*1-4(2)3;;;;;;;;;;/h;;;;;2*1-2H;;;;;;;;;;. The molecule has 0 saturated heterocycles. The molecular formula is H14Ca5O6Si2. The minimum atomic E-state index is -3.13. The van der Waals surface area contributed by atoms with Gasteiger partial charge in [-0.05, 0) is 0 Å². The molecule has 0 spiro atoms. The molecule has 0 aromatic heterocycles. The van der Waals surface area contributed by atoms with Crippen LogP contribution in [0.25, 0.3) is 0 Å². The van der Waals surface area contributed by atoms with Crippen molar-refractivity contribution in [1.82, 2.24) is 0 Å². The van der Waals surface area contributed by atoms with Crippen LogP contribution in [-0.2, 0) is 8.92 Å². The summed E-state index contributed by atoms with van der Waals surface area (Å²) >= 11 is 0. The van der Waals surface area contributed by atoms with Crippen molar-refractivity contribution in [3.8, 4) is 0 Å². The fraction of sp³-hybridized carbons (Fsp3) is 0. The van der Waals surface area contributed by atoms with E-state index in [9.17, 15) is 0 Å². The summed E-state index contributed by atoms with van der Waals surface area (Å²) in [4.78, 5) is 28.6. The van der Waals surface area contributed by atoms with E-state index < -0.39 is 18.3 Å². The van der Waals surface area contributed by atoms with Gasteiger partial charge in [-0.2, -0.15) is 0 Å². The summed E-state index contributed by atoms with van der Waals surface area (Å²) < 4.78 is 17.5. The predicted octanol–water partition coefficient (Wildman–Crippen LogP) is -7.81. The Morgan fingerprint density at radius 1 is 0.538 bits per heavy atom. The topological polar surface area (TPSA) is 115 Å². The van der Waals surface area contributed by atoms with E-state index in [-0.39, 0.29) is 189 Å². The molecule has 0 aliphatic carbocycles. The molecule has 0 bridgehead atoms. The van der Waals surface area contributed by atoms with Gasteiger partial charge in [-0.1, -0.05) is 0 Å². The van der Waals surface area contributed by atoms with Crippen LogP contribution >= 0.6 is 0 Å². The zero-order valence-electron chi connectivity index (χ0n) is 3.61. The number of hydrogen-bond donors (Lipinski definition) is 4. The summed E-state index contributed by atoms with van der Waals surface area (Å²) in [5, 5.41) is 0. The molecule has 0 heterocycles. The molecular weight excluding hydrogens is 353 g/mol. The Bertz CT molecular complexity index is 77.0. The second kappa shape index (κ2) is 36.0. The maximum absolute atomic E-state index is 8.74. The van der Waals surface area contributed by atoms with Crippen molar-refractivity contribution < 1.29 is 28.1 Å². The summed E-state index contributed by atoms with van der Waals surface area (Å²) in [7, 11) is -6.26. The van der Waals surface area contributed by atoms with E-state index in [1.54, 1.807) is 0 Å². The molecule has 4 N–H and O–H groups in total. The Labute approximate surface area is 228 Å². The van der Waals surface area contributed by atoms with Crippen LogP contribution in [0.1, 0.15) is 0 Å². The molecule has 0 amide bonds. The third kappa shape index (κ3) is 138. The van der Waals surface area contributed by atoms with Gasteiger partial charge in [0.25, 0.3) is 0 Å². The Kier molecular flexibility index (Phi) is 119. The van der Waals surface area contributed by atoms with E-state index in [4.69, 9.17) is 28.1 Å². The Balaban J connectivity index is -0.00000000800. The molecule has 0 radical (unpaired) electrons. The zero-order chi connectivity index (χ0) is 7.15. The maximum atomic E-state index is 8.74. The molecule has 6 nitrogen and oxygen atoms in total. The molecule has 0 aromatic rings. The predicted molar refractivity (Wildman–Crippen MR) is 64.5 cm³/mol. The van der Waals surface area contributed by atoms with Gasteiger partial charge in [0, 0.05) is 0 Å². The van der Waals surface area contributed by atoms with Crippen LogP contribution in [0, 0.1) is 0 Å². The first-order valence-electron chi connectivity index (χ1n) is 1.30. The van der Waals surface area contributed by atoms with E-state index in [1.165, 1.54) is 0 Å². The van der Waals surface area contributed by atoms with Crippen molar-refractivity contribution in [2.45, 2.75) is 0 Å². The van der Waals surface area contributed by atoms with E-state index in [2.05, 4.69) is 0 Å². The van der Waals surface area contributed by atoms with Crippen molar-refractivity contribution in [2.75, 3.05) is 0 Å². The van der Waals surface area contributed by atoms with E-state index in [0.29, 0.717) is 0 Å². The molecule has 0 aromatic carbocycles. The molecule has 0 saturated carbocycles. The average molecular weight is 367 g/mol. The van der Waals surface area contributed by atoms with Crippen molar-refractivity contribution >= 4 is 207 Å². The van der Waals surface area contributed by atoms with Crippen molar-refractivity contribution in [1.29, 1.82) is 0 Å². The van der Waals surface area contributed by atoms with Crippen LogP contribution in [0.3, 0.4) is 0 Å². The van der Waals surface area contributed by atoms with Crippen LogP contribution in [-0.4, -0.2) is 226 Å². The average Bonchev–Trinajstić information content (AvgIpc) is 1.25. The van der Waals surface area contributed by atoms with Crippen LogP contribution in [0.15, 0.2) is 0 Å². The summed E-state index contributed by atoms with van der Waals surface area (Å²) in [5.41, 5.74) is 0. The quantitative estimate of drug-likeness (QED) is 0.317. The third-order valence-corrected chi connectivity index (χ3v) is 0. The van der Waals surface area contributed by atoms with Crippen molar-refractivity contribution in [3.05, 3.63) is 0 Å². The minimum absolute atomic E-state index is 0. The number of rotatable bonds is 0. The summed E-state index contributed by atoms with van der Waals surface area (Å²) in [6.07, 6.45) is 0. The first-order chi connectivity index (χ1) is 3.46. The van der Waals surface area contributed by atoms with E-state index in [1.807, 2.05) is 0 Å². The van der Waals surface area contributed by atoms with Gasteiger partial charge in [0.15, 0.2) is 0 Å². The van der Waals surface area contributed by atoms with Crippen LogP contribution in [0.5, 0.6) is 0 Å². The molecule has 13 heteroatoms. The molecule has 0 fully saturated rings. The van der Waals surface area contributed by atoms with Crippen LogP contribution in [0.2, 0.25) is 0 Å². The first kappa shape index (κ1) is 42.8. The van der Waals surface area contributed by atoms with Gasteiger partial charge in [-0.3, -0.25) is 8.92 Å². The summed E-state index contributed by atoms with van der Waals surface area (Å²) in [6, 6.07) is 0. The Morgan fingerprint density at radius 3 is 0.538 bits per heavy atom. The monoisotopic (exact) mass is 366 g/mol. The van der Waals surface area contributed by atoms with Gasteiger partial charge in [-0.15, -0.1) is 0 Å². The summed E-state index contributed by atoms with van der Waals surface area (Å²) in [6.45, 7) is 0. The SMILES string of the molecule is O=[Si](O)O.O=[Si](O)O.[CaH2].[CaH2].[CaH2].[CaH2].[CaH2]. The van der Waals surface area contributed by atoms with E-state index in [0.717, 1.165) is 0 Å². The Hall–Kier alpha value is 5.53. The molecule has 0 unspecified atom stereocenters. The Morgan fingerprint density at radius 2 is 0.538 bits per heavy atom. The fourth-order valence-electron chi connectivity index (χ4n) is 0. The third-order valence-electron chi connectivity index (χ3n) is 0. The van der Waals surface area contributed by atoms with Gasteiger partial charge in [0.1, 0.15) is 0 Å². The van der Waals surface area contributed by atoms with Gasteiger partial charge in [-0.25, -0.2) is 0 Å². The van der Waals surface area contributed by atoms with Gasteiger partial charge in [0.2, 0.25) is 0 Å². The molecule has 0 rings (SSSR count). The zero-order valence-corrected chi connectivity index (χ0v) is 5.61. The van der Waals surface area contributed by atoms with Gasteiger partial charge in [0.05, 0.1) is 0 Å². The fourth-order valence-corrected chi connectivity index (χ4v) is 0. The molecule has 13 heavy (non-hydrogen) atoms. The number of hydrogen-bond acceptors (Lipinski definition) is 2. The second-order valence-electron chi connectivity index (χ2n) is 0.565. The molecule has 0 aliphatic heterocycles. The van der Waals surface area contributed by atoms with E-state index >= 15 is 0 Å². The van der Waals surface area contributed by atoms with Crippen molar-refractivity contribution in [3.63, 3.8) is 0 Å². The normalized spacial score (nSPS) is 3.69. The van der Waals surface area contributed by atoms with Gasteiger partial charge >= 0.3 is 207 Å². The van der Waals surface area contributed by atoms with Crippen molar-refractivity contribution in [2.24, 2.45) is 0 Å². The van der Waals surface area contributed by atoms with Crippen LogP contribution in [0.4, 0.5) is 0 Å². The molecule has 68 valence electrons.